The zero-order valence-corrected chi connectivity index (χ0v) is 37.6. The number of unbranched alkanes of at least 4 members (excludes halogenated alkanes) is 16. The molecule has 10 nitrogen and oxygen atoms in total. The van der Waals surface area contributed by atoms with Crippen molar-refractivity contribution < 1.29 is 47.5 Å². The van der Waals surface area contributed by atoms with Crippen LogP contribution >= 0.6 is 7.82 Å². The number of hydrogen-bond acceptors (Lipinski definition) is 9. The maximum Gasteiger partial charge on any atom is 0.305 e. The number of nitrogens with zero attached hydrogens (tertiary/aromatic N) is 1. The fourth-order valence-electron chi connectivity index (χ4n) is 5.74. The Kier molecular flexibility index (Phi) is 36.8. The van der Waals surface area contributed by atoms with Gasteiger partial charge in [0.1, 0.15) is 19.8 Å². The van der Waals surface area contributed by atoms with Crippen molar-refractivity contribution in [2.75, 3.05) is 47.5 Å². The first kappa shape index (κ1) is 55.0. The predicted octanol–water partition coefficient (Wildman–Crippen LogP) is 10.6. The van der Waals surface area contributed by atoms with Gasteiger partial charge in [0.25, 0.3) is 7.82 Å². The SMILES string of the molecule is CCCCCCCCCCCCCCCC/C=C/O[C@H](COC(=O)CCC[C@@H](O)/C=C/C=C\C/C=C\C=C\[C@@H](O)CCCCC)COP(=O)([O-])OCC[N+](C)(C)C. The van der Waals surface area contributed by atoms with Crippen molar-refractivity contribution in [1.29, 1.82) is 0 Å². The minimum Gasteiger partial charge on any atom is -0.756 e. The molecule has 0 bridgehead atoms. The molecule has 0 aromatic carbocycles. The lowest BCUT2D eigenvalue weighted by atomic mass is 10.0. The average molecular weight is 826 g/mol. The van der Waals surface area contributed by atoms with Crippen molar-refractivity contribution in [3.8, 4) is 0 Å². The highest BCUT2D eigenvalue weighted by molar-refractivity contribution is 7.45. The molecular formula is C46H84NO9P. The lowest BCUT2D eigenvalue weighted by Crippen LogP contribution is -2.37. The number of carbonyl (C=O) groups excluding carboxylic acids is 1. The highest BCUT2D eigenvalue weighted by atomic mass is 31.2. The topological polar surface area (TPSA) is 135 Å². The van der Waals surface area contributed by atoms with Crippen molar-refractivity contribution in [1.82, 2.24) is 0 Å². The van der Waals surface area contributed by atoms with Gasteiger partial charge in [0, 0.05) is 6.42 Å². The normalized spacial score (nSPS) is 15.4. The summed E-state index contributed by atoms with van der Waals surface area (Å²) in [5.41, 5.74) is 0. The molecule has 0 fully saturated rings. The van der Waals surface area contributed by atoms with Gasteiger partial charge in [-0.25, -0.2) is 0 Å². The molecular weight excluding hydrogens is 741 g/mol. The van der Waals surface area contributed by atoms with E-state index in [-0.39, 0.29) is 26.2 Å². The number of allylic oxidation sites excluding steroid dienone is 7. The van der Waals surface area contributed by atoms with Gasteiger partial charge in [-0.05, 0) is 44.6 Å². The Labute approximate surface area is 348 Å². The van der Waals surface area contributed by atoms with Crippen molar-refractivity contribution >= 4 is 13.8 Å². The van der Waals surface area contributed by atoms with Gasteiger partial charge >= 0.3 is 5.97 Å². The summed E-state index contributed by atoms with van der Waals surface area (Å²) in [6.07, 6.45) is 41.2. The summed E-state index contributed by atoms with van der Waals surface area (Å²) in [6.45, 7) is 4.34. The lowest BCUT2D eigenvalue weighted by molar-refractivity contribution is -0.870. The molecule has 4 atom stereocenters. The summed E-state index contributed by atoms with van der Waals surface area (Å²) in [5, 5.41) is 20.2. The van der Waals surface area contributed by atoms with Crippen molar-refractivity contribution in [2.24, 2.45) is 0 Å². The Morgan fingerprint density at radius 3 is 1.72 bits per heavy atom. The molecule has 2 N–H and O–H groups in total. The first-order valence-electron chi connectivity index (χ1n) is 22.3. The summed E-state index contributed by atoms with van der Waals surface area (Å²) in [5.74, 6) is -0.468. The minimum atomic E-state index is -4.57. The standard InChI is InChI=1S/C46H84NO9P/c1-6-8-10-11-12-13-14-15-16-17-18-19-20-24-27-31-39-53-45(42-56-57(51,52)55-40-38-47(3,4)5)41-54-46(50)37-32-36-44(49)35-30-26-23-21-22-25-29-34-43(48)33-28-9-7-2/h22-23,25-26,29-31,34-35,39,43-45,48-49H,6-21,24,27-28,32-33,36-38,40-42H2,1-5H3/b25-22-,26-23-,34-29+,35-30+,39-31+/t43-,44-,45+/m0/s1. The molecule has 0 rings (SSSR count). The van der Waals surface area contributed by atoms with E-state index in [0.717, 1.165) is 51.4 Å². The van der Waals surface area contributed by atoms with E-state index in [9.17, 15) is 24.5 Å². The van der Waals surface area contributed by atoms with E-state index >= 15 is 0 Å². The van der Waals surface area contributed by atoms with Crippen molar-refractivity contribution in [2.45, 2.75) is 180 Å². The van der Waals surface area contributed by atoms with Crippen LogP contribution in [0.2, 0.25) is 0 Å². The van der Waals surface area contributed by atoms with Crippen LogP contribution in [0.25, 0.3) is 0 Å². The minimum absolute atomic E-state index is 0.0117. The predicted molar refractivity (Wildman–Crippen MR) is 233 cm³/mol. The summed E-state index contributed by atoms with van der Waals surface area (Å²) in [7, 11) is 1.23. The molecule has 11 heteroatoms. The lowest BCUT2D eigenvalue weighted by Gasteiger charge is -2.28. The molecule has 0 aliphatic carbocycles. The summed E-state index contributed by atoms with van der Waals surface area (Å²) >= 11 is 0. The van der Waals surface area contributed by atoms with Crippen LogP contribution in [0, 0.1) is 0 Å². The number of aliphatic hydroxyl groups excluding tert-OH is 2. The molecule has 0 aromatic rings. The molecule has 332 valence electrons. The Morgan fingerprint density at radius 2 is 1.18 bits per heavy atom. The highest BCUT2D eigenvalue weighted by Crippen LogP contribution is 2.38. The third-order valence-electron chi connectivity index (χ3n) is 9.37. The van der Waals surface area contributed by atoms with E-state index in [4.69, 9.17) is 18.5 Å². The van der Waals surface area contributed by atoms with E-state index < -0.39 is 32.1 Å². The van der Waals surface area contributed by atoms with Gasteiger partial charge in [-0.1, -0.05) is 165 Å². The zero-order chi connectivity index (χ0) is 42.3. The maximum absolute atomic E-state index is 12.5. The number of carbonyl (C=O) groups is 1. The van der Waals surface area contributed by atoms with Crippen LogP contribution in [0.3, 0.4) is 0 Å². The number of quaternary nitrogens is 1. The Morgan fingerprint density at radius 1 is 0.667 bits per heavy atom. The summed E-state index contributed by atoms with van der Waals surface area (Å²) in [6, 6.07) is 0. The smallest absolute Gasteiger partial charge is 0.305 e. The van der Waals surface area contributed by atoms with Gasteiger partial charge in [-0.2, -0.15) is 0 Å². The first-order valence-corrected chi connectivity index (χ1v) is 23.7. The molecule has 0 aromatic heterocycles. The second kappa shape index (κ2) is 38.2. The maximum atomic E-state index is 12.5. The van der Waals surface area contributed by atoms with E-state index in [0.29, 0.717) is 23.9 Å². The van der Waals surface area contributed by atoms with Crippen LogP contribution in [0.1, 0.15) is 162 Å². The molecule has 0 spiro atoms. The molecule has 0 aliphatic rings. The number of likely N-dealkylation sites (N-methyl/N-ethyl adjacent to an activating group) is 1. The van der Waals surface area contributed by atoms with Gasteiger partial charge in [0.2, 0.25) is 0 Å². The number of esters is 1. The third kappa shape index (κ3) is 41.9. The van der Waals surface area contributed by atoms with E-state index in [2.05, 4.69) is 13.8 Å². The van der Waals surface area contributed by atoms with Crippen LogP contribution in [0.5, 0.6) is 0 Å². The molecule has 0 saturated heterocycles. The van der Waals surface area contributed by atoms with Gasteiger partial charge < -0.3 is 38.1 Å². The molecule has 0 heterocycles. The van der Waals surface area contributed by atoms with Crippen LogP contribution < -0.4 is 4.89 Å². The zero-order valence-electron chi connectivity index (χ0n) is 36.7. The number of ether oxygens (including phenoxy) is 2. The molecule has 0 saturated carbocycles. The van der Waals surface area contributed by atoms with Crippen LogP contribution in [0.4, 0.5) is 0 Å². The molecule has 0 amide bonds. The number of rotatable bonds is 40. The number of phosphoric acid groups is 1. The number of phosphoric ester groups is 1. The van der Waals surface area contributed by atoms with Gasteiger partial charge in [0.05, 0.1) is 46.2 Å². The molecule has 1 unspecified atom stereocenters. The Hall–Kier alpha value is -2.04. The van der Waals surface area contributed by atoms with Crippen molar-refractivity contribution in [3.63, 3.8) is 0 Å². The molecule has 0 radical (unpaired) electrons. The van der Waals surface area contributed by atoms with Gasteiger partial charge in [-0.15, -0.1) is 0 Å². The van der Waals surface area contributed by atoms with E-state index in [1.54, 1.807) is 18.2 Å². The number of hydrogen-bond donors (Lipinski definition) is 2. The molecule has 0 aliphatic heterocycles. The summed E-state index contributed by atoms with van der Waals surface area (Å²) in [4.78, 5) is 24.9. The molecule has 57 heavy (non-hydrogen) atoms. The highest BCUT2D eigenvalue weighted by Gasteiger charge is 2.19. The van der Waals surface area contributed by atoms with Crippen molar-refractivity contribution in [3.05, 3.63) is 60.9 Å². The summed E-state index contributed by atoms with van der Waals surface area (Å²) < 4.78 is 34.2. The average Bonchev–Trinajstić information content (AvgIpc) is 3.15. The fourth-order valence-corrected chi connectivity index (χ4v) is 6.47. The number of aliphatic hydroxyl groups is 2. The van der Waals surface area contributed by atoms with Gasteiger partial charge in [-0.3, -0.25) is 9.36 Å². The second-order valence-corrected chi connectivity index (χ2v) is 17.6. The quantitative estimate of drug-likeness (QED) is 0.0155. The Balaban J connectivity index is 4.52. The monoisotopic (exact) mass is 826 g/mol. The van der Waals surface area contributed by atoms with E-state index in [1.165, 1.54) is 83.3 Å². The second-order valence-electron chi connectivity index (χ2n) is 16.2. The van der Waals surface area contributed by atoms with E-state index in [1.807, 2.05) is 57.6 Å². The van der Waals surface area contributed by atoms with Crippen LogP contribution in [0.15, 0.2) is 60.9 Å². The van der Waals surface area contributed by atoms with Crippen LogP contribution in [-0.2, 0) is 27.9 Å². The third-order valence-corrected chi connectivity index (χ3v) is 10.3. The Bertz CT molecular complexity index is 1130. The van der Waals surface area contributed by atoms with Gasteiger partial charge in [0.15, 0.2) is 6.10 Å². The fraction of sp³-hybridized carbons (Fsp3) is 0.761. The largest absolute Gasteiger partial charge is 0.756 e. The first-order chi connectivity index (χ1) is 27.4. The van der Waals surface area contributed by atoms with Crippen LogP contribution in [-0.4, -0.2) is 86.5 Å².